The minimum atomic E-state index is -5.23. The van der Waals surface area contributed by atoms with Crippen molar-refractivity contribution >= 4 is 43.6 Å². The Hall–Kier alpha value is -6.77. The van der Waals surface area contributed by atoms with Gasteiger partial charge in [-0.2, -0.15) is 13.2 Å². The number of hydrogen-bond acceptors (Lipinski definition) is 0. The SMILES string of the molecule is Cc1cc(-c2c(F)c(F)c(F)c(F)c2F)cc(C)c1-n1c2ccccc2c2cc3c(cc21)c1ccccc1n3-c1c(C)cc(-c2c(F)c(F)c(F)c(F)c2F)cc1C(F)(F)F. The summed E-state index contributed by atoms with van der Waals surface area (Å²) in [6.07, 6.45) is -5.23. The van der Waals surface area contributed by atoms with Crippen LogP contribution >= 0.6 is 0 Å². The number of para-hydroxylation sites is 2. The molecule has 2 nitrogen and oxygen atoms in total. The van der Waals surface area contributed by atoms with Gasteiger partial charge in [0.05, 0.1) is 50.1 Å². The Bertz CT molecular complexity index is 3310. The van der Waals surface area contributed by atoms with Gasteiger partial charge in [-0.05, 0) is 97.1 Å². The monoisotopic (exact) mass is 850 g/mol. The summed E-state index contributed by atoms with van der Waals surface area (Å²) >= 11 is 0. The van der Waals surface area contributed by atoms with E-state index in [1.165, 1.54) is 23.6 Å². The first-order valence-electron chi connectivity index (χ1n) is 18.2. The maximum absolute atomic E-state index is 15.2. The van der Waals surface area contributed by atoms with Gasteiger partial charge in [0.1, 0.15) is 0 Å². The van der Waals surface area contributed by atoms with E-state index in [1.54, 1.807) is 74.5 Å². The molecule has 9 aromatic rings. The number of fused-ring (bicyclic) bond motifs is 6. The smallest absolute Gasteiger partial charge is 0.309 e. The van der Waals surface area contributed by atoms with Gasteiger partial charge in [-0.1, -0.05) is 36.4 Å². The topological polar surface area (TPSA) is 9.86 Å². The fraction of sp³-hybridized carbons (Fsp3) is 0.0870. The quantitative estimate of drug-likeness (QED) is 0.0948. The zero-order chi connectivity index (χ0) is 43.7. The molecule has 0 radical (unpaired) electrons. The minimum absolute atomic E-state index is 0.223. The molecule has 61 heavy (non-hydrogen) atoms. The van der Waals surface area contributed by atoms with Gasteiger partial charge in [-0.15, -0.1) is 0 Å². The standard InChI is InChI=1S/C46H23F13N2/c1-18-12-21(32-34(47)38(51)42(55)39(52)35(32)48)13-19(2)44(18)60-28-10-6-4-8-23(28)25-17-31-26(16-30(25)60)24-9-5-7-11-29(24)61(31)45-20(3)14-22(15-27(45)46(57,58)59)33-36(49)40(53)43(56)41(54)37(33)50/h4-17H,1-3H3. The summed E-state index contributed by atoms with van der Waals surface area (Å²) in [5.41, 5.74) is -3.16. The molecule has 0 spiro atoms. The molecule has 308 valence electrons. The maximum Gasteiger partial charge on any atom is 0.418 e. The van der Waals surface area contributed by atoms with Crippen LogP contribution in [0.4, 0.5) is 57.1 Å². The summed E-state index contributed by atoms with van der Waals surface area (Å²) in [5, 5.41) is 2.01. The molecule has 0 atom stereocenters. The van der Waals surface area contributed by atoms with E-state index in [1.807, 2.05) is 4.57 Å². The Kier molecular flexibility index (Phi) is 8.86. The van der Waals surface area contributed by atoms with Crippen LogP contribution in [0, 0.1) is 78.9 Å². The van der Waals surface area contributed by atoms with Gasteiger partial charge in [-0.25, -0.2) is 43.9 Å². The van der Waals surface area contributed by atoms with Crippen molar-refractivity contribution in [3.8, 4) is 33.6 Å². The first-order chi connectivity index (χ1) is 28.8. The zero-order valence-corrected chi connectivity index (χ0v) is 31.4. The second kappa shape index (κ2) is 13.6. The summed E-state index contributed by atoms with van der Waals surface area (Å²) < 4.78 is 194. The molecule has 0 amide bonds. The van der Waals surface area contributed by atoms with Crippen LogP contribution in [0.3, 0.4) is 0 Å². The van der Waals surface area contributed by atoms with E-state index in [-0.39, 0.29) is 22.2 Å². The maximum atomic E-state index is 15.2. The first kappa shape index (κ1) is 39.7. The van der Waals surface area contributed by atoms with E-state index in [4.69, 9.17) is 0 Å². The lowest BCUT2D eigenvalue weighted by molar-refractivity contribution is -0.137. The average molecular weight is 851 g/mol. The molecule has 0 bridgehead atoms. The number of nitrogens with zero attached hydrogens (tertiary/aromatic N) is 2. The van der Waals surface area contributed by atoms with E-state index in [2.05, 4.69) is 0 Å². The van der Waals surface area contributed by atoms with Crippen LogP contribution < -0.4 is 0 Å². The molecule has 0 saturated carbocycles. The summed E-state index contributed by atoms with van der Waals surface area (Å²) in [6, 6.07) is 20.6. The van der Waals surface area contributed by atoms with Crippen molar-refractivity contribution in [2.75, 3.05) is 0 Å². The van der Waals surface area contributed by atoms with E-state index < -0.39 is 92.3 Å². The van der Waals surface area contributed by atoms with Crippen LogP contribution in [-0.2, 0) is 6.18 Å². The van der Waals surface area contributed by atoms with Crippen molar-refractivity contribution in [2.24, 2.45) is 0 Å². The van der Waals surface area contributed by atoms with Crippen LogP contribution in [0.5, 0.6) is 0 Å². The number of aryl methyl sites for hydroxylation is 3. The van der Waals surface area contributed by atoms with E-state index in [0.29, 0.717) is 55.5 Å². The minimum Gasteiger partial charge on any atom is -0.309 e. The molecule has 0 N–H and O–H groups in total. The number of alkyl halides is 3. The summed E-state index contributed by atoms with van der Waals surface area (Å²) in [4.78, 5) is 0. The predicted molar refractivity (Wildman–Crippen MR) is 205 cm³/mol. The highest BCUT2D eigenvalue weighted by atomic mass is 19.4. The summed E-state index contributed by atoms with van der Waals surface area (Å²) in [6.45, 7) is 4.38. The Morgan fingerprint density at radius 3 is 1.08 bits per heavy atom. The third kappa shape index (κ3) is 5.65. The lowest BCUT2D eigenvalue weighted by atomic mass is 9.96. The number of aromatic nitrogens is 2. The van der Waals surface area contributed by atoms with Gasteiger partial charge in [0.2, 0.25) is 11.6 Å². The number of benzene rings is 7. The fourth-order valence-electron chi connectivity index (χ4n) is 8.52. The van der Waals surface area contributed by atoms with E-state index in [9.17, 15) is 43.9 Å². The van der Waals surface area contributed by atoms with E-state index >= 15 is 13.2 Å². The van der Waals surface area contributed by atoms with Crippen molar-refractivity contribution in [2.45, 2.75) is 26.9 Å². The first-order valence-corrected chi connectivity index (χ1v) is 18.2. The van der Waals surface area contributed by atoms with Gasteiger partial charge < -0.3 is 9.13 Å². The Morgan fingerprint density at radius 2 is 0.689 bits per heavy atom. The van der Waals surface area contributed by atoms with Crippen molar-refractivity contribution in [3.63, 3.8) is 0 Å². The molecule has 7 aromatic carbocycles. The van der Waals surface area contributed by atoms with Crippen LogP contribution in [0.2, 0.25) is 0 Å². The average Bonchev–Trinajstić information content (AvgIpc) is 3.71. The molecule has 0 fully saturated rings. The van der Waals surface area contributed by atoms with Gasteiger partial charge in [0.25, 0.3) is 0 Å². The Balaban J connectivity index is 1.34. The van der Waals surface area contributed by atoms with Gasteiger partial charge in [-0.3, -0.25) is 0 Å². The predicted octanol–water partition coefficient (Wildman–Crippen LogP) is 14.5. The van der Waals surface area contributed by atoms with Crippen LogP contribution in [0.15, 0.2) is 84.9 Å². The Labute approximate surface area is 335 Å². The van der Waals surface area contributed by atoms with Crippen LogP contribution in [0.1, 0.15) is 22.3 Å². The van der Waals surface area contributed by atoms with Crippen molar-refractivity contribution in [3.05, 3.63) is 165 Å². The second-order valence-electron chi connectivity index (χ2n) is 14.6. The van der Waals surface area contributed by atoms with Gasteiger partial charge >= 0.3 is 6.18 Å². The molecule has 0 aliphatic carbocycles. The van der Waals surface area contributed by atoms with Gasteiger partial charge in [0, 0.05) is 21.5 Å². The van der Waals surface area contributed by atoms with Crippen LogP contribution in [-0.4, -0.2) is 9.13 Å². The Morgan fingerprint density at radius 1 is 0.361 bits per heavy atom. The molecule has 0 aliphatic rings. The lowest BCUT2D eigenvalue weighted by Gasteiger charge is -2.21. The highest BCUT2D eigenvalue weighted by Gasteiger charge is 2.38. The van der Waals surface area contributed by atoms with Crippen LogP contribution in [0.25, 0.3) is 77.2 Å². The summed E-state index contributed by atoms with van der Waals surface area (Å²) in [7, 11) is 0. The van der Waals surface area contributed by atoms with Gasteiger partial charge in [0.15, 0.2) is 46.5 Å². The fourth-order valence-corrected chi connectivity index (χ4v) is 8.52. The third-order valence-electron chi connectivity index (χ3n) is 11.0. The van der Waals surface area contributed by atoms with Crippen molar-refractivity contribution in [1.29, 1.82) is 0 Å². The lowest BCUT2D eigenvalue weighted by Crippen LogP contribution is -2.13. The summed E-state index contributed by atoms with van der Waals surface area (Å²) in [5.74, 6) is -22.2. The van der Waals surface area contributed by atoms with Crippen molar-refractivity contribution in [1.82, 2.24) is 9.13 Å². The van der Waals surface area contributed by atoms with E-state index in [0.717, 1.165) is 6.07 Å². The number of halogens is 13. The molecule has 2 aromatic heterocycles. The highest BCUT2D eigenvalue weighted by molar-refractivity contribution is 6.19. The molecule has 2 heterocycles. The number of hydrogen-bond donors (Lipinski definition) is 0. The normalized spacial score (nSPS) is 12.3. The zero-order valence-electron chi connectivity index (χ0n) is 31.4. The molecule has 15 heteroatoms. The molecule has 0 saturated heterocycles. The molecular weight excluding hydrogens is 827 g/mol. The molecule has 0 unspecified atom stereocenters. The third-order valence-corrected chi connectivity index (χ3v) is 11.0. The molecular formula is C46H23F13N2. The molecule has 9 rings (SSSR count). The highest BCUT2D eigenvalue weighted by Crippen LogP contribution is 2.46. The number of rotatable bonds is 4. The molecule has 0 aliphatic heterocycles. The largest absolute Gasteiger partial charge is 0.418 e. The second-order valence-corrected chi connectivity index (χ2v) is 14.6. The van der Waals surface area contributed by atoms with Crippen molar-refractivity contribution < 1.29 is 57.1 Å².